The summed E-state index contributed by atoms with van der Waals surface area (Å²) in [6.45, 7) is 4.48. The molecule has 5 nitrogen and oxygen atoms in total. The normalized spacial score (nSPS) is 10.1. The molecule has 0 aliphatic heterocycles. The van der Waals surface area contributed by atoms with Gasteiger partial charge < -0.3 is 5.32 Å². The Labute approximate surface area is 106 Å². The minimum Gasteiger partial charge on any atom is -0.365 e. The predicted octanol–water partition coefficient (Wildman–Crippen LogP) is 1.92. The van der Waals surface area contributed by atoms with Crippen molar-refractivity contribution in [3.63, 3.8) is 0 Å². The van der Waals surface area contributed by atoms with Crippen LogP contribution in [0.5, 0.6) is 0 Å². The highest BCUT2D eigenvalue weighted by Gasteiger charge is 2.08. The molecule has 0 atom stereocenters. The average molecular weight is 241 g/mol. The Hall–Kier alpha value is -2.35. The highest BCUT2D eigenvalue weighted by atomic mass is 15.3. The highest BCUT2D eigenvalue weighted by Crippen LogP contribution is 2.16. The Morgan fingerprint density at radius 3 is 2.83 bits per heavy atom. The summed E-state index contributed by atoms with van der Waals surface area (Å²) in [4.78, 5) is 4.20. The summed E-state index contributed by atoms with van der Waals surface area (Å²) in [5.74, 6) is 0.626. The predicted molar refractivity (Wildman–Crippen MR) is 69.0 cm³/mol. The van der Waals surface area contributed by atoms with Crippen molar-refractivity contribution < 1.29 is 0 Å². The van der Waals surface area contributed by atoms with E-state index in [0.29, 0.717) is 17.9 Å². The summed E-state index contributed by atoms with van der Waals surface area (Å²) in [6, 6.07) is 4.01. The fraction of sp³-hybridized carbons (Fsp3) is 0.308. The van der Waals surface area contributed by atoms with Gasteiger partial charge in [-0.2, -0.15) is 10.4 Å². The number of anilines is 1. The van der Waals surface area contributed by atoms with Crippen molar-refractivity contribution in [2.75, 3.05) is 5.32 Å². The van der Waals surface area contributed by atoms with Gasteiger partial charge in [0.1, 0.15) is 11.9 Å². The molecule has 0 aliphatic rings. The topological polar surface area (TPSA) is 66.5 Å². The lowest BCUT2D eigenvalue weighted by Crippen LogP contribution is -2.04. The molecule has 2 aromatic rings. The molecule has 2 heterocycles. The number of nitriles is 1. The Kier molecular flexibility index (Phi) is 3.28. The van der Waals surface area contributed by atoms with Crippen LogP contribution in [-0.2, 0) is 13.6 Å². The lowest BCUT2D eigenvalue weighted by molar-refractivity contribution is 0.756. The summed E-state index contributed by atoms with van der Waals surface area (Å²) in [6.07, 6.45) is 3.67. The minimum atomic E-state index is 0.596. The molecular weight excluding hydrogens is 226 g/mol. The second-order valence-corrected chi connectivity index (χ2v) is 4.23. The maximum atomic E-state index is 9.11. The standard InChI is InChI=1S/C13H15N5/c1-9-4-5-15-13(12(9)6-14)16-7-11-8-18(3)17-10(11)2/h4-5,8H,7H2,1-3H3,(H,15,16). The van der Waals surface area contributed by atoms with E-state index in [2.05, 4.69) is 21.5 Å². The second kappa shape index (κ2) is 4.88. The number of aryl methyl sites for hydroxylation is 3. The third-order valence-corrected chi connectivity index (χ3v) is 2.83. The first-order chi connectivity index (χ1) is 8.61. The zero-order valence-corrected chi connectivity index (χ0v) is 10.7. The highest BCUT2D eigenvalue weighted by molar-refractivity contribution is 5.55. The number of aromatic nitrogens is 3. The first-order valence-corrected chi connectivity index (χ1v) is 5.70. The maximum absolute atomic E-state index is 9.11. The lowest BCUT2D eigenvalue weighted by Gasteiger charge is -2.07. The van der Waals surface area contributed by atoms with Gasteiger partial charge in [0.25, 0.3) is 0 Å². The molecule has 0 unspecified atom stereocenters. The maximum Gasteiger partial charge on any atom is 0.144 e. The average Bonchev–Trinajstić information content (AvgIpc) is 2.65. The van der Waals surface area contributed by atoms with Gasteiger partial charge in [-0.3, -0.25) is 4.68 Å². The van der Waals surface area contributed by atoms with E-state index in [1.54, 1.807) is 10.9 Å². The summed E-state index contributed by atoms with van der Waals surface area (Å²) in [7, 11) is 1.89. The summed E-state index contributed by atoms with van der Waals surface area (Å²) >= 11 is 0. The van der Waals surface area contributed by atoms with Crippen LogP contribution in [0.25, 0.3) is 0 Å². The molecule has 0 saturated carbocycles. The largest absolute Gasteiger partial charge is 0.365 e. The van der Waals surface area contributed by atoms with Crippen molar-refractivity contribution in [2.45, 2.75) is 20.4 Å². The van der Waals surface area contributed by atoms with Crippen molar-refractivity contribution in [1.29, 1.82) is 5.26 Å². The number of hydrogen-bond acceptors (Lipinski definition) is 4. The van der Waals surface area contributed by atoms with Crippen molar-refractivity contribution >= 4 is 5.82 Å². The molecule has 0 aromatic carbocycles. The van der Waals surface area contributed by atoms with E-state index in [1.807, 2.05) is 33.2 Å². The lowest BCUT2D eigenvalue weighted by atomic mass is 10.1. The summed E-state index contributed by atoms with van der Waals surface area (Å²) in [5.41, 5.74) is 3.61. The molecule has 18 heavy (non-hydrogen) atoms. The van der Waals surface area contributed by atoms with E-state index in [4.69, 9.17) is 5.26 Å². The molecule has 0 bridgehead atoms. The smallest absolute Gasteiger partial charge is 0.144 e. The van der Waals surface area contributed by atoms with E-state index in [-0.39, 0.29) is 0 Å². The van der Waals surface area contributed by atoms with Gasteiger partial charge in [-0.25, -0.2) is 4.98 Å². The van der Waals surface area contributed by atoms with Crippen LogP contribution in [0, 0.1) is 25.2 Å². The summed E-state index contributed by atoms with van der Waals surface area (Å²) < 4.78 is 1.78. The van der Waals surface area contributed by atoms with Crippen LogP contribution in [0.3, 0.4) is 0 Å². The van der Waals surface area contributed by atoms with Gasteiger partial charge in [-0.1, -0.05) is 0 Å². The van der Waals surface area contributed by atoms with Gasteiger partial charge in [0.2, 0.25) is 0 Å². The molecule has 0 fully saturated rings. The van der Waals surface area contributed by atoms with Gasteiger partial charge in [0.05, 0.1) is 11.3 Å². The fourth-order valence-corrected chi connectivity index (χ4v) is 1.83. The SMILES string of the molecule is Cc1ccnc(NCc2cn(C)nc2C)c1C#N. The first kappa shape index (κ1) is 12.1. The fourth-order valence-electron chi connectivity index (χ4n) is 1.83. The number of nitrogens with zero attached hydrogens (tertiary/aromatic N) is 4. The van der Waals surface area contributed by atoms with Crippen LogP contribution in [0.2, 0.25) is 0 Å². The Morgan fingerprint density at radius 1 is 1.44 bits per heavy atom. The molecule has 0 saturated heterocycles. The molecule has 2 aromatic heterocycles. The molecule has 0 spiro atoms. The van der Waals surface area contributed by atoms with Gasteiger partial charge in [-0.15, -0.1) is 0 Å². The number of nitrogens with one attached hydrogen (secondary N) is 1. The molecule has 0 amide bonds. The summed E-state index contributed by atoms with van der Waals surface area (Å²) in [5, 5.41) is 16.6. The van der Waals surface area contributed by atoms with E-state index >= 15 is 0 Å². The van der Waals surface area contributed by atoms with Gasteiger partial charge in [0, 0.05) is 31.5 Å². The third-order valence-electron chi connectivity index (χ3n) is 2.83. The second-order valence-electron chi connectivity index (χ2n) is 4.23. The Balaban J connectivity index is 2.19. The van der Waals surface area contributed by atoms with E-state index < -0.39 is 0 Å². The van der Waals surface area contributed by atoms with Crippen LogP contribution < -0.4 is 5.32 Å². The van der Waals surface area contributed by atoms with Gasteiger partial charge in [0.15, 0.2) is 0 Å². The molecule has 5 heteroatoms. The third kappa shape index (κ3) is 2.33. The number of rotatable bonds is 3. The zero-order valence-electron chi connectivity index (χ0n) is 10.7. The van der Waals surface area contributed by atoms with Crippen molar-refractivity contribution in [3.05, 3.63) is 40.8 Å². The van der Waals surface area contributed by atoms with E-state index in [9.17, 15) is 0 Å². The Morgan fingerprint density at radius 2 is 2.22 bits per heavy atom. The van der Waals surface area contributed by atoms with Crippen molar-refractivity contribution in [2.24, 2.45) is 7.05 Å². The van der Waals surface area contributed by atoms with Crippen molar-refractivity contribution in [1.82, 2.24) is 14.8 Å². The van der Waals surface area contributed by atoms with Crippen LogP contribution in [0.1, 0.15) is 22.4 Å². The first-order valence-electron chi connectivity index (χ1n) is 5.70. The van der Waals surface area contributed by atoms with Crippen LogP contribution in [-0.4, -0.2) is 14.8 Å². The van der Waals surface area contributed by atoms with Crippen molar-refractivity contribution in [3.8, 4) is 6.07 Å². The van der Waals surface area contributed by atoms with Crippen LogP contribution in [0.4, 0.5) is 5.82 Å². The molecule has 92 valence electrons. The van der Waals surface area contributed by atoms with E-state index in [1.165, 1.54) is 0 Å². The number of hydrogen-bond donors (Lipinski definition) is 1. The molecule has 1 N–H and O–H groups in total. The number of pyridine rings is 1. The minimum absolute atomic E-state index is 0.596. The molecule has 0 radical (unpaired) electrons. The molecule has 2 rings (SSSR count). The van der Waals surface area contributed by atoms with Gasteiger partial charge in [-0.05, 0) is 25.5 Å². The zero-order chi connectivity index (χ0) is 13.1. The van der Waals surface area contributed by atoms with Gasteiger partial charge >= 0.3 is 0 Å². The van der Waals surface area contributed by atoms with Crippen LogP contribution in [0.15, 0.2) is 18.5 Å². The molecular formula is C13H15N5. The molecule has 0 aliphatic carbocycles. The monoisotopic (exact) mass is 241 g/mol. The quantitative estimate of drug-likeness (QED) is 0.891. The Bertz CT molecular complexity index is 606. The van der Waals surface area contributed by atoms with Crippen LogP contribution >= 0.6 is 0 Å². The van der Waals surface area contributed by atoms with E-state index in [0.717, 1.165) is 16.8 Å².